The predicted molar refractivity (Wildman–Crippen MR) is 121 cm³/mol. The maximum atomic E-state index is 13.2. The number of para-hydroxylation sites is 1. The summed E-state index contributed by atoms with van der Waals surface area (Å²) in [5, 5.41) is 8.93. The van der Waals surface area contributed by atoms with Crippen molar-refractivity contribution >= 4 is 17.4 Å². The molecule has 0 radical (unpaired) electrons. The molecular weight excluding hydrogens is 408 g/mol. The fraction of sp³-hybridized carbons (Fsp3) is 0.125. The average molecular weight is 430 g/mol. The van der Waals surface area contributed by atoms with Gasteiger partial charge in [-0.05, 0) is 46.6 Å². The molecule has 0 saturated heterocycles. The molecular formula is C24H21N4O2S+. The fourth-order valence-corrected chi connectivity index (χ4v) is 4.50. The van der Waals surface area contributed by atoms with E-state index < -0.39 is 0 Å². The maximum Gasteiger partial charge on any atom is 0.325 e. The molecule has 2 N–H and O–H groups in total. The molecule has 3 aromatic carbocycles. The highest BCUT2D eigenvalue weighted by molar-refractivity contribution is 7.98. The summed E-state index contributed by atoms with van der Waals surface area (Å²) in [4.78, 5) is 16.1. The molecule has 6 nitrogen and oxygen atoms in total. The number of aromatic nitrogens is 3. The summed E-state index contributed by atoms with van der Waals surface area (Å²) in [6, 6.07) is 25.7. The summed E-state index contributed by atoms with van der Waals surface area (Å²) in [6.07, 6.45) is -0.311. The van der Waals surface area contributed by atoms with Crippen LogP contribution in [0.1, 0.15) is 17.3 Å². The van der Waals surface area contributed by atoms with Gasteiger partial charge in [0.15, 0.2) is 0 Å². The second kappa shape index (κ2) is 8.28. The van der Waals surface area contributed by atoms with E-state index >= 15 is 0 Å². The highest BCUT2D eigenvalue weighted by Crippen LogP contribution is 2.32. The van der Waals surface area contributed by atoms with Crippen molar-refractivity contribution in [1.82, 2.24) is 10.1 Å². The van der Waals surface area contributed by atoms with Crippen molar-refractivity contribution in [1.29, 1.82) is 0 Å². The van der Waals surface area contributed by atoms with Crippen LogP contribution in [0.15, 0.2) is 88.8 Å². The van der Waals surface area contributed by atoms with E-state index in [0.29, 0.717) is 10.9 Å². The number of nitrogens with one attached hydrogen (secondary N) is 2. The third-order valence-corrected chi connectivity index (χ3v) is 6.17. The molecule has 0 aliphatic carbocycles. The van der Waals surface area contributed by atoms with Crippen LogP contribution in [0.25, 0.3) is 11.3 Å². The van der Waals surface area contributed by atoms with E-state index in [-0.39, 0.29) is 11.7 Å². The van der Waals surface area contributed by atoms with Gasteiger partial charge in [0.25, 0.3) is 6.17 Å². The molecule has 4 aromatic rings. The van der Waals surface area contributed by atoms with Crippen LogP contribution in [-0.4, -0.2) is 17.2 Å². The lowest BCUT2D eigenvalue weighted by Crippen LogP contribution is -2.55. The molecule has 7 heteroatoms. The summed E-state index contributed by atoms with van der Waals surface area (Å²) in [7, 11) is 1.64. The molecule has 1 aromatic heterocycles. The molecule has 1 aliphatic heterocycles. The van der Waals surface area contributed by atoms with Crippen molar-refractivity contribution < 1.29 is 9.42 Å². The number of ether oxygens (including phenoxy) is 1. The quantitative estimate of drug-likeness (QED) is 0.371. The summed E-state index contributed by atoms with van der Waals surface area (Å²) < 4.78 is 7.08. The molecule has 0 spiro atoms. The van der Waals surface area contributed by atoms with Gasteiger partial charge in [-0.3, -0.25) is 9.78 Å². The van der Waals surface area contributed by atoms with Crippen molar-refractivity contribution in [2.45, 2.75) is 17.1 Å². The van der Waals surface area contributed by atoms with Crippen LogP contribution in [0.3, 0.4) is 0 Å². The molecule has 0 saturated carbocycles. The Morgan fingerprint density at radius 3 is 2.52 bits per heavy atom. The van der Waals surface area contributed by atoms with Crippen LogP contribution >= 0.6 is 11.8 Å². The second-order valence-corrected chi connectivity index (χ2v) is 8.16. The van der Waals surface area contributed by atoms with E-state index in [4.69, 9.17) is 9.84 Å². The van der Waals surface area contributed by atoms with Gasteiger partial charge in [-0.2, -0.15) is 0 Å². The average Bonchev–Trinajstić information content (AvgIpc) is 2.83. The summed E-state index contributed by atoms with van der Waals surface area (Å²) in [5.74, 6) is 1.50. The Balaban J connectivity index is 1.58. The van der Waals surface area contributed by atoms with Gasteiger partial charge in [-0.15, -0.1) is 0 Å². The Hall–Kier alpha value is -3.58. The van der Waals surface area contributed by atoms with Gasteiger partial charge in [0.1, 0.15) is 5.75 Å². The van der Waals surface area contributed by atoms with Gasteiger partial charge >= 0.3 is 11.3 Å². The highest BCUT2D eigenvalue weighted by atomic mass is 32.2. The number of thioether (sulfide) groups is 1. The number of hydrogen-bond donors (Lipinski definition) is 2. The lowest BCUT2D eigenvalue weighted by Gasteiger charge is -2.22. The summed E-state index contributed by atoms with van der Waals surface area (Å²) >= 11 is 1.51. The summed E-state index contributed by atoms with van der Waals surface area (Å²) in [5.41, 5.74) is 4.28. The first-order chi connectivity index (χ1) is 15.2. The van der Waals surface area contributed by atoms with Gasteiger partial charge in [0, 0.05) is 16.4 Å². The zero-order valence-electron chi connectivity index (χ0n) is 16.9. The Bertz CT molecular complexity index is 1270. The molecule has 31 heavy (non-hydrogen) atoms. The van der Waals surface area contributed by atoms with Gasteiger partial charge in [0.2, 0.25) is 5.16 Å². The van der Waals surface area contributed by atoms with Crippen molar-refractivity contribution in [3.63, 3.8) is 0 Å². The van der Waals surface area contributed by atoms with Crippen LogP contribution < -0.4 is 20.3 Å². The van der Waals surface area contributed by atoms with Crippen LogP contribution in [-0.2, 0) is 5.75 Å². The van der Waals surface area contributed by atoms with Crippen molar-refractivity contribution in [3.8, 4) is 17.0 Å². The van der Waals surface area contributed by atoms with Crippen molar-refractivity contribution in [2.75, 3.05) is 12.4 Å². The third-order valence-electron chi connectivity index (χ3n) is 5.23. The Labute approximate surface area is 183 Å². The normalized spacial score (nSPS) is 14.3. The number of benzene rings is 3. The third kappa shape index (κ3) is 3.80. The van der Waals surface area contributed by atoms with Gasteiger partial charge < -0.3 is 10.1 Å². The molecule has 154 valence electrons. The van der Waals surface area contributed by atoms with E-state index in [1.807, 2.05) is 66.7 Å². The number of aromatic amines is 1. The number of rotatable bonds is 5. The van der Waals surface area contributed by atoms with Crippen molar-refractivity contribution in [3.05, 3.63) is 100 Å². The van der Waals surface area contributed by atoms with Crippen LogP contribution in [0.4, 0.5) is 5.69 Å². The topological polar surface area (TPSA) is 70.9 Å². The molecule has 1 atom stereocenters. The zero-order chi connectivity index (χ0) is 21.2. The van der Waals surface area contributed by atoms with Crippen LogP contribution in [0.2, 0.25) is 0 Å². The number of anilines is 1. The minimum Gasteiger partial charge on any atom is -0.497 e. The Morgan fingerprint density at radius 2 is 1.74 bits per heavy atom. The molecule has 5 rings (SSSR count). The second-order valence-electron chi connectivity index (χ2n) is 7.19. The number of hydrogen-bond acceptors (Lipinski definition) is 5. The first kappa shape index (κ1) is 19.4. The molecule has 0 fully saturated rings. The van der Waals surface area contributed by atoms with Gasteiger partial charge in [-0.25, -0.2) is 0 Å². The molecule has 0 unspecified atom stereocenters. The minimum atomic E-state index is -0.311. The van der Waals surface area contributed by atoms with E-state index in [0.717, 1.165) is 28.3 Å². The SMILES string of the molecule is COc1ccc([C@H]2Nc3ccccc3-c3c(=O)[nH]c(SCc4ccccc4)n[n+]32)cc1. The van der Waals surface area contributed by atoms with Gasteiger partial charge in [0.05, 0.1) is 18.4 Å². The van der Waals surface area contributed by atoms with Gasteiger partial charge in [-0.1, -0.05) is 54.2 Å². The van der Waals surface area contributed by atoms with Crippen molar-refractivity contribution in [2.24, 2.45) is 0 Å². The van der Waals surface area contributed by atoms with Crippen LogP contribution in [0.5, 0.6) is 5.75 Å². The van der Waals surface area contributed by atoms with Crippen LogP contribution in [0, 0.1) is 0 Å². The highest BCUT2D eigenvalue weighted by Gasteiger charge is 2.37. The predicted octanol–water partition coefficient (Wildman–Crippen LogP) is 4.00. The number of nitrogens with zero attached hydrogens (tertiary/aromatic N) is 2. The fourth-order valence-electron chi connectivity index (χ4n) is 3.69. The standard InChI is InChI=1S/C24H20N4O2S/c1-30-18-13-11-17(12-14-18)22-25-20-10-6-5-9-19(20)21-23(29)26-24(27-28(21)22)31-15-16-7-3-2-4-8-16/h2-14,22H,15H2,1H3,(H,26,27,29)/p+1/t22-/m0/s1. The lowest BCUT2D eigenvalue weighted by molar-refractivity contribution is -0.759. The smallest absolute Gasteiger partial charge is 0.325 e. The first-order valence-corrected chi connectivity index (χ1v) is 10.9. The van der Waals surface area contributed by atoms with E-state index in [1.54, 1.807) is 11.8 Å². The van der Waals surface area contributed by atoms with E-state index in [9.17, 15) is 4.79 Å². The molecule has 0 bridgehead atoms. The van der Waals surface area contributed by atoms with E-state index in [2.05, 4.69) is 22.4 Å². The number of methoxy groups -OCH3 is 1. The largest absolute Gasteiger partial charge is 0.497 e. The monoisotopic (exact) mass is 429 g/mol. The Morgan fingerprint density at radius 1 is 1.00 bits per heavy atom. The lowest BCUT2D eigenvalue weighted by atomic mass is 10.0. The first-order valence-electron chi connectivity index (χ1n) is 9.96. The number of H-pyrrole nitrogens is 1. The minimum absolute atomic E-state index is 0.155. The Kier molecular flexibility index (Phi) is 5.18. The zero-order valence-corrected chi connectivity index (χ0v) is 17.7. The molecule has 1 aliphatic rings. The molecule has 2 heterocycles. The summed E-state index contributed by atoms with van der Waals surface area (Å²) in [6.45, 7) is 0. The molecule has 0 amide bonds. The van der Waals surface area contributed by atoms with E-state index in [1.165, 1.54) is 17.3 Å². The maximum absolute atomic E-state index is 13.2. The number of fused-ring (bicyclic) bond motifs is 3.